The second-order valence-corrected chi connectivity index (χ2v) is 5.39. The molecular weight excluding hydrogens is 196 g/mol. The van der Waals surface area contributed by atoms with E-state index in [4.69, 9.17) is 0 Å². The standard InChI is InChI=1S/C15H22O/c1-11(2)9-12-7-8-13-5-3-4-6-15(16)14(13)10-12/h7-8,10-11,15-16H,3-6,9H2,1-2H3. The molecule has 0 fully saturated rings. The van der Waals surface area contributed by atoms with Crippen LogP contribution in [0.5, 0.6) is 0 Å². The molecule has 0 saturated carbocycles. The highest BCUT2D eigenvalue weighted by Crippen LogP contribution is 2.29. The molecule has 2 rings (SSSR count). The lowest BCUT2D eigenvalue weighted by Gasteiger charge is -2.14. The molecule has 1 aliphatic rings. The first-order valence-electron chi connectivity index (χ1n) is 6.46. The molecule has 1 aromatic rings. The summed E-state index contributed by atoms with van der Waals surface area (Å²) in [5.41, 5.74) is 3.92. The van der Waals surface area contributed by atoms with Gasteiger partial charge in [0.2, 0.25) is 0 Å². The van der Waals surface area contributed by atoms with E-state index in [0.29, 0.717) is 5.92 Å². The van der Waals surface area contributed by atoms with Gasteiger partial charge in [0.25, 0.3) is 0 Å². The van der Waals surface area contributed by atoms with Gasteiger partial charge in [-0.2, -0.15) is 0 Å². The third kappa shape index (κ3) is 2.65. The summed E-state index contributed by atoms with van der Waals surface area (Å²) in [5, 5.41) is 10.1. The number of aryl methyl sites for hydroxylation is 1. The Bertz CT molecular complexity index is 354. The van der Waals surface area contributed by atoms with Crippen LogP contribution in [0.2, 0.25) is 0 Å². The normalized spacial score (nSPS) is 20.6. The van der Waals surface area contributed by atoms with Crippen molar-refractivity contribution < 1.29 is 5.11 Å². The average molecular weight is 218 g/mol. The molecule has 0 saturated heterocycles. The average Bonchev–Trinajstić information content (AvgIpc) is 2.41. The molecule has 16 heavy (non-hydrogen) atoms. The van der Waals surface area contributed by atoms with Gasteiger partial charge in [-0.1, -0.05) is 38.5 Å². The van der Waals surface area contributed by atoms with Crippen molar-refractivity contribution in [1.82, 2.24) is 0 Å². The molecule has 0 amide bonds. The largest absolute Gasteiger partial charge is 0.388 e. The van der Waals surface area contributed by atoms with Crippen LogP contribution in [0.4, 0.5) is 0 Å². The zero-order valence-corrected chi connectivity index (χ0v) is 10.4. The topological polar surface area (TPSA) is 20.2 Å². The predicted molar refractivity (Wildman–Crippen MR) is 67.5 cm³/mol. The Balaban J connectivity index is 2.28. The van der Waals surface area contributed by atoms with Crippen LogP contribution in [0.1, 0.15) is 55.9 Å². The van der Waals surface area contributed by atoms with Gasteiger partial charge in [-0.25, -0.2) is 0 Å². The molecule has 1 nitrogen and oxygen atoms in total. The summed E-state index contributed by atoms with van der Waals surface area (Å²) in [7, 11) is 0. The number of hydrogen-bond donors (Lipinski definition) is 1. The Morgan fingerprint density at radius 1 is 1.31 bits per heavy atom. The minimum atomic E-state index is -0.232. The summed E-state index contributed by atoms with van der Waals surface area (Å²) in [6.07, 6.45) is 5.31. The lowest BCUT2D eigenvalue weighted by atomic mass is 9.94. The number of rotatable bonds is 2. The van der Waals surface area contributed by atoms with Gasteiger partial charge in [-0.05, 0) is 48.3 Å². The summed E-state index contributed by atoms with van der Waals surface area (Å²) < 4.78 is 0. The van der Waals surface area contributed by atoms with Crippen LogP contribution in [-0.2, 0) is 12.8 Å². The highest BCUT2D eigenvalue weighted by atomic mass is 16.3. The lowest BCUT2D eigenvalue weighted by Crippen LogP contribution is -2.02. The van der Waals surface area contributed by atoms with Crippen molar-refractivity contribution in [3.8, 4) is 0 Å². The SMILES string of the molecule is CC(C)Cc1ccc2c(c1)C(O)CCCC2. The van der Waals surface area contributed by atoms with Crippen molar-refractivity contribution in [2.24, 2.45) is 5.92 Å². The highest BCUT2D eigenvalue weighted by Gasteiger charge is 2.16. The van der Waals surface area contributed by atoms with Crippen molar-refractivity contribution in [1.29, 1.82) is 0 Å². The first-order valence-corrected chi connectivity index (χ1v) is 6.46. The van der Waals surface area contributed by atoms with Crippen LogP contribution in [-0.4, -0.2) is 5.11 Å². The fraction of sp³-hybridized carbons (Fsp3) is 0.600. The fourth-order valence-corrected chi connectivity index (χ4v) is 2.59. The molecule has 1 unspecified atom stereocenters. The maximum absolute atomic E-state index is 10.1. The summed E-state index contributed by atoms with van der Waals surface area (Å²) >= 11 is 0. The molecule has 0 radical (unpaired) electrons. The van der Waals surface area contributed by atoms with Gasteiger partial charge < -0.3 is 5.11 Å². The zero-order valence-electron chi connectivity index (χ0n) is 10.4. The molecular formula is C15H22O. The van der Waals surface area contributed by atoms with Crippen molar-refractivity contribution in [2.45, 2.75) is 52.1 Å². The number of aliphatic hydroxyl groups excluding tert-OH is 1. The Morgan fingerprint density at radius 3 is 2.88 bits per heavy atom. The minimum absolute atomic E-state index is 0.232. The minimum Gasteiger partial charge on any atom is -0.388 e. The molecule has 1 N–H and O–H groups in total. The van der Waals surface area contributed by atoms with E-state index in [0.717, 1.165) is 25.7 Å². The van der Waals surface area contributed by atoms with Crippen LogP contribution in [0, 0.1) is 5.92 Å². The van der Waals surface area contributed by atoms with E-state index >= 15 is 0 Å². The van der Waals surface area contributed by atoms with E-state index < -0.39 is 0 Å². The summed E-state index contributed by atoms with van der Waals surface area (Å²) in [6.45, 7) is 4.48. The van der Waals surface area contributed by atoms with Crippen LogP contribution >= 0.6 is 0 Å². The van der Waals surface area contributed by atoms with Crippen molar-refractivity contribution in [3.63, 3.8) is 0 Å². The van der Waals surface area contributed by atoms with Gasteiger partial charge in [-0.15, -0.1) is 0 Å². The van der Waals surface area contributed by atoms with Gasteiger partial charge in [0, 0.05) is 0 Å². The van der Waals surface area contributed by atoms with Crippen molar-refractivity contribution >= 4 is 0 Å². The third-order valence-corrected chi connectivity index (χ3v) is 3.39. The maximum atomic E-state index is 10.1. The van der Waals surface area contributed by atoms with Gasteiger partial charge in [0.05, 0.1) is 6.10 Å². The van der Waals surface area contributed by atoms with E-state index in [9.17, 15) is 5.11 Å². The van der Waals surface area contributed by atoms with Crippen molar-refractivity contribution in [3.05, 3.63) is 34.9 Å². The van der Waals surface area contributed by atoms with Crippen LogP contribution in [0.3, 0.4) is 0 Å². The van der Waals surface area contributed by atoms with Crippen LogP contribution < -0.4 is 0 Å². The van der Waals surface area contributed by atoms with Crippen LogP contribution in [0.25, 0.3) is 0 Å². The maximum Gasteiger partial charge on any atom is 0.0792 e. The molecule has 0 heterocycles. The zero-order chi connectivity index (χ0) is 11.5. The fourth-order valence-electron chi connectivity index (χ4n) is 2.59. The monoisotopic (exact) mass is 218 g/mol. The summed E-state index contributed by atoms with van der Waals surface area (Å²) in [5.74, 6) is 0.681. The first-order chi connectivity index (χ1) is 7.66. The van der Waals surface area contributed by atoms with E-state index in [1.165, 1.54) is 23.1 Å². The Morgan fingerprint density at radius 2 is 2.12 bits per heavy atom. The van der Waals surface area contributed by atoms with Gasteiger partial charge in [0.1, 0.15) is 0 Å². The van der Waals surface area contributed by atoms with Gasteiger partial charge >= 0.3 is 0 Å². The number of fused-ring (bicyclic) bond motifs is 1. The Hall–Kier alpha value is -0.820. The summed E-state index contributed by atoms with van der Waals surface area (Å²) in [6, 6.07) is 6.68. The molecule has 1 atom stereocenters. The first kappa shape index (κ1) is 11.7. The summed E-state index contributed by atoms with van der Waals surface area (Å²) in [4.78, 5) is 0. The highest BCUT2D eigenvalue weighted by molar-refractivity contribution is 5.34. The number of aliphatic hydroxyl groups is 1. The molecule has 0 aliphatic heterocycles. The molecule has 1 aliphatic carbocycles. The quantitative estimate of drug-likeness (QED) is 0.751. The second kappa shape index (κ2) is 5.01. The van der Waals surface area contributed by atoms with E-state index in [2.05, 4.69) is 32.0 Å². The predicted octanol–water partition coefficient (Wildman–Crippen LogP) is 3.64. The van der Waals surface area contributed by atoms with Gasteiger partial charge in [0.15, 0.2) is 0 Å². The van der Waals surface area contributed by atoms with Crippen LogP contribution in [0.15, 0.2) is 18.2 Å². The molecule has 0 bridgehead atoms. The molecule has 1 aromatic carbocycles. The van der Waals surface area contributed by atoms with Crippen molar-refractivity contribution in [2.75, 3.05) is 0 Å². The second-order valence-electron chi connectivity index (χ2n) is 5.39. The number of benzene rings is 1. The Kier molecular flexibility index (Phi) is 3.65. The third-order valence-electron chi connectivity index (χ3n) is 3.39. The van der Waals surface area contributed by atoms with E-state index in [-0.39, 0.29) is 6.10 Å². The lowest BCUT2D eigenvalue weighted by molar-refractivity contribution is 0.166. The smallest absolute Gasteiger partial charge is 0.0792 e. The molecule has 0 aromatic heterocycles. The molecule has 88 valence electrons. The number of hydrogen-bond acceptors (Lipinski definition) is 1. The van der Waals surface area contributed by atoms with Gasteiger partial charge in [-0.3, -0.25) is 0 Å². The molecule has 0 spiro atoms. The molecule has 1 heteroatoms. The van der Waals surface area contributed by atoms with E-state index in [1.54, 1.807) is 0 Å². The van der Waals surface area contributed by atoms with E-state index in [1.807, 2.05) is 0 Å². The Labute approximate surface area is 98.5 Å².